The minimum absolute atomic E-state index is 0.0198. The average molecular weight is 450 g/mol. The third-order valence-electron chi connectivity index (χ3n) is 6.20. The molecule has 1 amide bonds. The molecule has 0 unspecified atom stereocenters. The Hall–Kier alpha value is -2.08. The zero-order valence-electron chi connectivity index (χ0n) is 16.7. The van der Waals surface area contributed by atoms with E-state index < -0.39 is 11.4 Å². The molecular weight excluding hydrogens is 428 g/mol. The molecule has 1 aliphatic carbocycles. The number of benzene rings is 2. The van der Waals surface area contributed by atoms with Gasteiger partial charge in [0.2, 0.25) is 0 Å². The normalized spacial score (nSPS) is 23.9. The number of hydrogen-bond acceptors (Lipinski definition) is 3. The van der Waals surface area contributed by atoms with Gasteiger partial charge in [-0.05, 0) is 73.6 Å². The van der Waals surface area contributed by atoms with Crippen molar-refractivity contribution >= 4 is 34.7 Å². The van der Waals surface area contributed by atoms with Crippen molar-refractivity contribution in [2.75, 3.05) is 7.11 Å². The highest BCUT2D eigenvalue weighted by Gasteiger charge is 2.48. The quantitative estimate of drug-likeness (QED) is 0.618. The predicted octanol–water partition coefficient (Wildman–Crippen LogP) is 5.83. The van der Waals surface area contributed by atoms with Gasteiger partial charge in [-0.1, -0.05) is 29.3 Å². The Morgan fingerprint density at radius 1 is 1.13 bits per heavy atom. The second kappa shape index (κ2) is 7.88. The van der Waals surface area contributed by atoms with Crippen molar-refractivity contribution in [1.29, 1.82) is 0 Å². The highest BCUT2D eigenvalue weighted by atomic mass is 35.5. The van der Waals surface area contributed by atoms with E-state index >= 15 is 0 Å². The largest absolute Gasteiger partial charge is 0.509 e. The summed E-state index contributed by atoms with van der Waals surface area (Å²) in [6.07, 6.45) is 2.85. The van der Waals surface area contributed by atoms with Crippen LogP contribution in [0.15, 0.2) is 36.1 Å². The molecule has 4 nitrogen and oxygen atoms in total. The van der Waals surface area contributed by atoms with E-state index in [0.29, 0.717) is 34.6 Å². The Kier molecular flexibility index (Phi) is 5.56. The molecule has 1 aliphatic heterocycles. The maximum absolute atomic E-state index is 14.0. The van der Waals surface area contributed by atoms with Crippen molar-refractivity contribution in [3.63, 3.8) is 0 Å². The number of carbonyl (C=O) groups excluding carboxylic acids is 1. The smallest absolute Gasteiger partial charge is 0.256 e. The van der Waals surface area contributed by atoms with Crippen molar-refractivity contribution in [1.82, 2.24) is 5.32 Å². The van der Waals surface area contributed by atoms with E-state index in [4.69, 9.17) is 27.9 Å². The fraction of sp³-hybridized carbons (Fsp3) is 0.348. The summed E-state index contributed by atoms with van der Waals surface area (Å²) in [7, 11) is 1.68. The van der Waals surface area contributed by atoms with Crippen molar-refractivity contribution in [3.05, 3.63) is 63.1 Å². The predicted molar refractivity (Wildman–Crippen MR) is 116 cm³/mol. The number of aliphatic hydroxyl groups excluding tert-OH is 1. The number of halogens is 3. The molecule has 2 N–H and O–H groups in total. The van der Waals surface area contributed by atoms with Crippen LogP contribution >= 0.6 is 23.2 Å². The van der Waals surface area contributed by atoms with Crippen LogP contribution in [0.25, 0.3) is 16.7 Å². The molecule has 0 saturated heterocycles. The summed E-state index contributed by atoms with van der Waals surface area (Å²) in [6.45, 7) is 1.83. The van der Waals surface area contributed by atoms with E-state index in [9.17, 15) is 14.3 Å². The van der Waals surface area contributed by atoms with Crippen LogP contribution in [-0.4, -0.2) is 29.8 Å². The Labute approximate surface area is 184 Å². The van der Waals surface area contributed by atoms with E-state index in [1.165, 1.54) is 12.1 Å². The Morgan fingerprint density at radius 2 is 1.83 bits per heavy atom. The second-order valence-corrected chi connectivity index (χ2v) is 8.79. The number of hydrogen-bond donors (Lipinski definition) is 2. The topological polar surface area (TPSA) is 58.6 Å². The van der Waals surface area contributed by atoms with E-state index in [2.05, 4.69) is 5.32 Å². The van der Waals surface area contributed by atoms with Gasteiger partial charge in [0.1, 0.15) is 11.6 Å². The lowest BCUT2D eigenvalue weighted by Crippen LogP contribution is -2.48. The number of aliphatic hydroxyl groups is 1. The molecule has 2 aliphatic rings. The van der Waals surface area contributed by atoms with Crippen LogP contribution in [0.4, 0.5) is 4.39 Å². The molecule has 0 bridgehead atoms. The number of amides is 1. The van der Waals surface area contributed by atoms with Gasteiger partial charge in [0.15, 0.2) is 0 Å². The van der Waals surface area contributed by atoms with Crippen molar-refractivity contribution in [3.8, 4) is 11.1 Å². The molecule has 2 aromatic rings. The number of aryl methyl sites for hydroxylation is 1. The Balaban J connectivity index is 1.80. The van der Waals surface area contributed by atoms with Gasteiger partial charge >= 0.3 is 0 Å². The van der Waals surface area contributed by atoms with Crippen molar-refractivity contribution < 1.29 is 19.0 Å². The minimum atomic E-state index is -0.764. The van der Waals surface area contributed by atoms with Crippen LogP contribution in [0, 0.1) is 12.7 Å². The summed E-state index contributed by atoms with van der Waals surface area (Å²) in [6, 6.07) is 7.89. The monoisotopic (exact) mass is 449 g/mol. The first-order valence-corrected chi connectivity index (χ1v) is 10.6. The van der Waals surface area contributed by atoms with Crippen LogP contribution in [-0.2, 0) is 9.53 Å². The fourth-order valence-corrected chi connectivity index (χ4v) is 4.89. The average Bonchev–Trinajstić information content (AvgIpc) is 2.95. The fourth-order valence-electron chi connectivity index (χ4n) is 4.44. The standard InChI is InChI=1S/C23H22Cl2FNO3/c1-12-9-18(25)16(13-3-4-17(24)19(26)10-13)11-15(12)20-21(28)23(27-22(20)29)7-5-14(30-2)6-8-23/h3-4,9-11,14,28H,5-8H2,1-2H3,(H,27,29)/t14-,23+. The van der Waals surface area contributed by atoms with Gasteiger partial charge in [-0.25, -0.2) is 4.39 Å². The van der Waals surface area contributed by atoms with Crippen LogP contribution in [0.3, 0.4) is 0 Å². The lowest BCUT2D eigenvalue weighted by molar-refractivity contribution is -0.116. The Morgan fingerprint density at radius 3 is 2.47 bits per heavy atom. The maximum Gasteiger partial charge on any atom is 0.256 e. The highest BCUT2D eigenvalue weighted by molar-refractivity contribution is 6.34. The van der Waals surface area contributed by atoms with E-state index in [-0.39, 0.29) is 28.4 Å². The molecule has 0 radical (unpaired) electrons. The van der Waals surface area contributed by atoms with Gasteiger partial charge in [0.05, 0.1) is 22.2 Å². The van der Waals surface area contributed by atoms with Gasteiger partial charge in [0.25, 0.3) is 5.91 Å². The molecule has 158 valence electrons. The summed E-state index contributed by atoms with van der Waals surface area (Å²) in [4.78, 5) is 12.9. The molecule has 30 heavy (non-hydrogen) atoms. The summed E-state index contributed by atoms with van der Waals surface area (Å²) >= 11 is 12.2. The molecule has 2 aromatic carbocycles. The number of nitrogens with one attached hydrogen (secondary N) is 1. The van der Waals surface area contributed by atoms with Gasteiger partial charge in [-0.15, -0.1) is 0 Å². The first kappa shape index (κ1) is 21.2. The molecule has 7 heteroatoms. The van der Waals surface area contributed by atoms with Crippen molar-refractivity contribution in [2.45, 2.75) is 44.2 Å². The summed E-state index contributed by atoms with van der Waals surface area (Å²) in [5.41, 5.74) is 1.90. The van der Waals surface area contributed by atoms with Crippen molar-refractivity contribution in [2.24, 2.45) is 0 Å². The number of methoxy groups -OCH3 is 1. The Bertz CT molecular complexity index is 1060. The molecule has 1 spiro atoms. The van der Waals surface area contributed by atoms with Gasteiger partial charge in [-0.3, -0.25) is 4.79 Å². The minimum Gasteiger partial charge on any atom is -0.509 e. The number of ether oxygens (including phenoxy) is 1. The first-order valence-electron chi connectivity index (χ1n) is 9.80. The third-order valence-corrected chi connectivity index (χ3v) is 6.82. The van der Waals surface area contributed by atoms with Gasteiger partial charge in [-0.2, -0.15) is 0 Å². The molecule has 1 heterocycles. The van der Waals surface area contributed by atoms with Crippen LogP contribution in [0.2, 0.25) is 10.0 Å². The highest BCUT2D eigenvalue weighted by Crippen LogP contribution is 2.44. The molecule has 1 saturated carbocycles. The lowest BCUT2D eigenvalue weighted by Gasteiger charge is -2.36. The van der Waals surface area contributed by atoms with Gasteiger partial charge < -0.3 is 15.2 Å². The zero-order chi connectivity index (χ0) is 21.6. The third kappa shape index (κ3) is 3.49. The van der Waals surface area contributed by atoms with Crippen LogP contribution in [0.1, 0.15) is 36.8 Å². The number of rotatable bonds is 3. The summed E-state index contributed by atoms with van der Waals surface area (Å²) in [5, 5.41) is 14.6. The maximum atomic E-state index is 14.0. The van der Waals surface area contributed by atoms with Crippen LogP contribution < -0.4 is 5.32 Å². The van der Waals surface area contributed by atoms with E-state index in [1.54, 1.807) is 25.3 Å². The molecular formula is C23H22Cl2FNO3. The molecule has 0 atom stereocenters. The number of carbonyl (C=O) groups is 1. The summed E-state index contributed by atoms with van der Waals surface area (Å²) in [5.74, 6) is -0.815. The second-order valence-electron chi connectivity index (χ2n) is 7.97. The lowest BCUT2D eigenvalue weighted by atomic mass is 9.79. The SMILES string of the molecule is CO[C@H]1CC[C@]2(CC1)NC(=O)C(c1cc(-c3ccc(Cl)c(F)c3)c(Cl)cc1C)=C2O. The summed E-state index contributed by atoms with van der Waals surface area (Å²) < 4.78 is 19.4. The first-order chi connectivity index (χ1) is 14.3. The molecule has 4 rings (SSSR count). The molecule has 0 aromatic heterocycles. The van der Waals surface area contributed by atoms with E-state index in [0.717, 1.165) is 18.4 Å². The van der Waals surface area contributed by atoms with Crippen LogP contribution in [0.5, 0.6) is 0 Å². The van der Waals surface area contributed by atoms with Gasteiger partial charge in [0, 0.05) is 17.7 Å². The zero-order valence-corrected chi connectivity index (χ0v) is 18.2. The van der Waals surface area contributed by atoms with E-state index in [1.807, 2.05) is 6.92 Å². The molecule has 1 fully saturated rings.